The van der Waals surface area contributed by atoms with Crippen LogP contribution in [-0.4, -0.2) is 20.1 Å². The Hall–Kier alpha value is -1.39. The van der Waals surface area contributed by atoms with Gasteiger partial charge in [-0.1, -0.05) is 55.8 Å². The van der Waals surface area contributed by atoms with E-state index in [-0.39, 0.29) is 12.0 Å². The lowest BCUT2D eigenvalue weighted by atomic mass is 9.90. The molecular weight excluding hydrogens is 262 g/mol. The third-order valence-corrected chi connectivity index (χ3v) is 3.31. The maximum atomic E-state index is 9.37. The summed E-state index contributed by atoms with van der Waals surface area (Å²) in [6.07, 6.45) is 0. The van der Waals surface area contributed by atoms with E-state index in [0.29, 0.717) is 17.3 Å². The van der Waals surface area contributed by atoms with E-state index in [1.54, 1.807) is 0 Å². The Kier molecular flexibility index (Phi) is 3.92. The molecule has 0 unspecified atom stereocenters. The molecule has 0 aliphatic heterocycles. The maximum absolute atomic E-state index is 9.37. The Balaban J connectivity index is 2.42. The van der Waals surface area contributed by atoms with Gasteiger partial charge in [0.15, 0.2) is 0 Å². The van der Waals surface area contributed by atoms with Gasteiger partial charge in [0.25, 0.3) is 0 Å². The van der Waals surface area contributed by atoms with Gasteiger partial charge in [-0.25, -0.2) is 4.68 Å². The first-order valence-corrected chi connectivity index (χ1v) is 6.58. The first kappa shape index (κ1) is 14.0. The van der Waals surface area contributed by atoms with Crippen LogP contribution in [0.15, 0.2) is 24.3 Å². The van der Waals surface area contributed by atoms with E-state index >= 15 is 0 Å². The van der Waals surface area contributed by atoms with Gasteiger partial charge in [0.1, 0.15) is 5.69 Å². The first-order valence-electron chi connectivity index (χ1n) is 6.20. The van der Waals surface area contributed by atoms with Crippen molar-refractivity contribution in [2.75, 3.05) is 0 Å². The quantitative estimate of drug-likeness (QED) is 0.940. The fourth-order valence-corrected chi connectivity index (χ4v) is 2.37. The Morgan fingerprint density at radius 2 is 1.95 bits per heavy atom. The van der Waals surface area contributed by atoms with Crippen LogP contribution in [0.2, 0.25) is 5.02 Å². The van der Waals surface area contributed by atoms with Crippen LogP contribution in [0, 0.1) is 0 Å². The van der Waals surface area contributed by atoms with Gasteiger partial charge < -0.3 is 5.11 Å². The SMILES string of the molecule is CC(C)(C)c1c(CO)nnn1Cc1ccccc1Cl. The number of aliphatic hydroxyl groups is 1. The number of rotatable bonds is 3. The molecule has 1 aromatic heterocycles. The molecule has 5 heteroatoms. The van der Waals surface area contributed by atoms with Gasteiger partial charge in [-0.2, -0.15) is 0 Å². The molecule has 2 aromatic rings. The van der Waals surface area contributed by atoms with E-state index in [2.05, 4.69) is 31.1 Å². The number of hydrogen-bond donors (Lipinski definition) is 1. The van der Waals surface area contributed by atoms with Crippen molar-refractivity contribution in [3.05, 3.63) is 46.2 Å². The molecule has 1 heterocycles. The summed E-state index contributed by atoms with van der Waals surface area (Å²) in [6.45, 7) is 6.68. The number of aliphatic hydroxyl groups excluding tert-OH is 1. The summed E-state index contributed by atoms with van der Waals surface area (Å²) in [5, 5.41) is 18.3. The average Bonchev–Trinajstić information content (AvgIpc) is 2.75. The molecule has 0 amide bonds. The van der Waals surface area contributed by atoms with Crippen molar-refractivity contribution in [1.29, 1.82) is 0 Å². The summed E-state index contributed by atoms with van der Waals surface area (Å²) in [5.41, 5.74) is 2.42. The Morgan fingerprint density at radius 3 is 2.53 bits per heavy atom. The zero-order valence-electron chi connectivity index (χ0n) is 11.4. The third kappa shape index (κ3) is 2.96. The minimum atomic E-state index is -0.136. The van der Waals surface area contributed by atoms with Crippen molar-refractivity contribution in [3.8, 4) is 0 Å². The molecule has 0 spiro atoms. The first-order chi connectivity index (χ1) is 8.93. The van der Waals surface area contributed by atoms with E-state index in [4.69, 9.17) is 11.6 Å². The standard InChI is InChI=1S/C14H18ClN3O/c1-14(2,3)13-12(9-19)16-17-18(13)8-10-6-4-5-7-11(10)15/h4-7,19H,8-9H2,1-3H3. The van der Waals surface area contributed by atoms with Crippen LogP contribution >= 0.6 is 11.6 Å². The molecular formula is C14H18ClN3O. The van der Waals surface area contributed by atoms with E-state index in [9.17, 15) is 5.11 Å². The molecule has 2 rings (SSSR count). The summed E-state index contributed by atoms with van der Waals surface area (Å²) in [6, 6.07) is 7.67. The van der Waals surface area contributed by atoms with Gasteiger partial charge in [0.05, 0.1) is 18.8 Å². The highest BCUT2D eigenvalue weighted by atomic mass is 35.5. The van der Waals surface area contributed by atoms with Crippen LogP contribution in [0.1, 0.15) is 37.7 Å². The zero-order chi connectivity index (χ0) is 14.0. The van der Waals surface area contributed by atoms with Gasteiger partial charge in [-0.3, -0.25) is 0 Å². The predicted molar refractivity (Wildman–Crippen MR) is 75.2 cm³/mol. The van der Waals surface area contributed by atoms with Crippen molar-refractivity contribution >= 4 is 11.6 Å². The lowest BCUT2D eigenvalue weighted by Crippen LogP contribution is -2.21. The number of aromatic nitrogens is 3. The molecule has 0 aliphatic carbocycles. The minimum absolute atomic E-state index is 0.102. The smallest absolute Gasteiger partial charge is 0.112 e. The number of benzene rings is 1. The molecule has 0 atom stereocenters. The van der Waals surface area contributed by atoms with Crippen molar-refractivity contribution in [1.82, 2.24) is 15.0 Å². The fourth-order valence-electron chi connectivity index (χ4n) is 2.17. The summed E-state index contributed by atoms with van der Waals surface area (Å²) < 4.78 is 1.81. The normalized spacial score (nSPS) is 11.8. The van der Waals surface area contributed by atoms with E-state index in [1.807, 2.05) is 28.9 Å². The zero-order valence-corrected chi connectivity index (χ0v) is 12.1. The summed E-state index contributed by atoms with van der Waals surface area (Å²) in [5.74, 6) is 0. The Labute approximate surface area is 118 Å². The summed E-state index contributed by atoms with van der Waals surface area (Å²) in [7, 11) is 0. The monoisotopic (exact) mass is 279 g/mol. The lowest BCUT2D eigenvalue weighted by molar-refractivity contribution is 0.273. The minimum Gasteiger partial charge on any atom is -0.390 e. The molecule has 0 bridgehead atoms. The van der Waals surface area contributed by atoms with Crippen molar-refractivity contribution in [2.45, 2.75) is 39.3 Å². The van der Waals surface area contributed by atoms with Crippen molar-refractivity contribution < 1.29 is 5.11 Å². The number of hydrogen-bond acceptors (Lipinski definition) is 3. The van der Waals surface area contributed by atoms with Crippen LogP contribution < -0.4 is 0 Å². The van der Waals surface area contributed by atoms with Gasteiger partial charge in [0.2, 0.25) is 0 Å². The lowest BCUT2D eigenvalue weighted by Gasteiger charge is -2.21. The van der Waals surface area contributed by atoms with Crippen molar-refractivity contribution in [2.24, 2.45) is 0 Å². The topological polar surface area (TPSA) is 50.9 Å². The Morgan fingerprint density at radius 1 is 1.26 bits per heavy atom. The maximum Gasteiger partial charge on any atom is 0.112 e. The molecule has 102 valence electrons. The second-order valence-corrected chi connectivity index (χ2v) is 5.95. The molecule has 19 heavy (non-hydrogen) atoms. The molecule has 0 saturated heterocycles. The largest absolute Gasteiger partial charge is 0.390 e. The van der Waals surface area contributed by atoms with Gasteiger partial charge in [-0.15, -0.1) is 5.10 Å². The highest BCUT2D eigenvalue weighted by Crippen LogP contribution is 2.26. The summed E-state index contributed by atoms with van der Waals surface area (Å²) in [4.78, 5) is 0. The predicted octanol–water partition coefficient (Wildman–Crippen LogP) is 2.77. The average molecular weight is 280 g/mol. The van der Waals surface area contributed by atoms with Crippen LogP contribution in [-0.2, 0) is 18.6 Å². The molecule has 1 N–H and O–H groups in total. The highest BCUT2D eigenvalue weighted by molar-refractivity contribution is 6.31. The second-order valence-electron chi connectivity index (χ2n) is 5.54. The van der Waals surface area contributed by atoms with E-state index in [1.165, 1.54) is 0 Å². The van der Waals surface area contributed by atoms with Crippen LogP contribution in [0.5, 0.6) is 0 Å². The molecule has 1 aromatic carbocycles. The summed E-state index contributed by atoms with van der Waals surface area (Å²) >= 11 is 6.17. The van der Waals surface area contributed by atoms with Gasteiger partial charge in [-0.05, 0) is 11.6 Å². The molecule has 0 saturated carbocycles. The number of halogens is 1. The van der Waals surface area contributed by atoms with Crippen LogP contribution in [0.3, 0.4) is 0 Å². The van der Waals surface area contributed by atoms with E-state index in [0.717, 1.165) is 11.3 Å². The van der Waals surface area contributed by atoms with Crippen LogP contribution in [0.4, 0.5) is 0 Å². The van der Waals surface area contributed by atoms with Crippen molar-refractivity contribution in [3.63, 3.8) is 0 Å². The molecule has 0 radical (unpaired) electrons. The molecule has 0 fully saturated rings. The fraction of sp³-hybridized carbons (Fsp3) is 0.429. The molecule has 4 nitrogen and oxygen atoms in total. The Bertz CT molecular complexity index is 572. The third-order valence-electron chi connectivity index (χ3n) is 2.94. The highest BCUT2D eigenvalue weighted by Gasteiger charge is 2.25. The van der Waals surface area contributed by atoms with Gasteiger partial charge >= 0.3 is 0 Å². The number of nitrogens with zero attached hydrogens (tertiary/aromatic N) is 3. The van der Waals surface area contributed by atoms with Crippen LogP contribution in [0.25, 0.3) is 0 Å². The second kappa shape index (κ2) is 5.31. The van der Waals surface area contributed by atoms with Gasteiger partial charge in [0, 0.05) is 10.4 Å². The molecule has 0 aliphatic rings. The van der Waals surface area contributed by atoms with E-state index < -0.39 is 0 Å².